The van der Waals surface area contributed by atoms with Crippen molar-refractivity contribution in [1.82, 2.24) is 4.31 Å². The monoisotopic (exact) mass is 399 g/mol. The lowest BCUT2D eigenvalue weighted by Crippen LogP contribution is -2.34. The number of carbonyl (C=O) groups excluding carboxylic acids is 1. The molecule has 0 aliphatic carbocycles. The largest absolute Gasteiger partial charge is 0.481 e. The summed E-state index contributed by atoms with van der Waals surface area (Å²) in [5.41, 5.74) is -0.573. The Morgan fingerprint density at radius 1 is 1.27 bits per heavy atom. The first-order valence-electron chi connectivity index (χ1n) is 7.07. The molecule has 1 aromatic rings. The highest BCUT2D eigenvalue weighted by molar-refractivity contribution is 7.89. The minimum absolute atomic E-state index is 0.283. The first-order valence-corrected chi connectivity index (χ1v) is 8.51. The predicted octanol–water partition coefficient (Wildman–Crippen LogP) is 1.50. The number of nitrogens with zero attached hydrogens (tertiary/aromatic N) is 1. The van der Waals surface area contributed by atoms with Crippen LogP contribution in [-0.2, 0) is 19.6 Å². The third kappa shape index (κ3) is 3.65. The Balaban J connectivity index is 2.51. The number of carboxylic acids is 1. The van der Waals surface area contributed by atoms with Gasteiger partial charge < -0.3 is 9.84 Å². The lowest BCUT2D eigenvalue weighted by Gasteiger charge is -2.19. The Morgan fingerprint density at radius 2 is 1.88 bits per heavy atom. The van der Waals surface area contributed by atoms with Crippen molar-refractivity contribution in [2.45, 2.75) is 11.1 Å². The molecule has 1 heterocycles. The second-order valence-electron chi connectivity index (χ2n) is 5.55. The summed E-state index contributed by atoms with van der Waals surface area (Å²) in [5.74, 6) is -8.43. The SMILES string of the molecule is COC(=O)c1ccc(F)cc1S(=O)(=O)N1C[C@@H](C(F)(F)F)[C@H](C(=O)O)C1. The molecule has 1 N–H and O–H groups in total. The van der Waals surface area contributed by atoms with Gasteiger partial charge in [0.25, 0.3) is 0 Å². The Kier molecular flexibility index (Phi) is 5.29. The number of hydrogen-bond donors (Lipinski definition) is 1. The van der Waals surface area contributed by atoms with Gasteiger partial charge in [-0.1, -0.05) is 0 Å². The molecule has 1 fully saturated rings. The van der Waals surface area contributed by atoms with Crippen LogP contribution in [0.3, 0.4) is 0 Å². The molecule has 0 spiro atoms. The van der Waals surface area contributed by atoms with Gasteiger partial charge in [0.05, 0.1) is 29.4 Å². The maximum Gasteiger partial charge on any atom is 0.393 e. The summed E-state index contributed by atoms with van der Waals surface area (Å²) in [6, 6.07) is 2.08. The molecule has 1 aromatic carbocycles. The smallest absolute Gasteiger partial charge is 0.393 e. The van der Waals surface area contributed by atoms with Gasteiger partial charge in [0, 0.05) is 13.1 Å². The highest BCUT2D eigenvalue weighted by Gasteiger charge is 2.55. The topological polar surface area (TPSA) is 101 Å². The third-order valence-corrected chi connectivity index (χ3v) is 5.86. The van der Waals surface area contributed by atoms with E-state index in [-0.39, 0.29) is 4.31 Å². The molecule has 144 valence electrons. The number of esters is 1. The molecular weight excluding hydrogens is 386 g/mol. The molecule has 1 saturated heterocycles. The van der Waals surface area contributed by atoms with Gasteiger partial charge in [-0.05, 0) is 18.2 Å². The molecule has 1 aliphatic rings. The van der Waals surface area contributed by atoms with Gasteiger partial charge in [-0.2, -0.15) is 17.5 Å². The summed E-state index contributed by atoms with van der Waals surface area (Å²) in [6.45, 7) is -2.11. The van der Waals surface area contributed by atoms with Gasteiger partial charge in [-0.15, -0.1) is 0 Å². The molecule has 0 saturated carbocycles. The molecule has 2 atom stereocenters. The summed E-state index contributed by atoms with van der Waals surface area (Å²) in [5, 5.41) is 8.97. The normalized spacial score (nSPS) is 21.6. The van der Waals surface area contributed by atoms with E-state index in [9.17, 15) is 35.6 Å². The number of halogens is 4. The standard InChI is InChI=1S/C14H13F4NO6S/c1-25-13(22)8-3-2-7(15)4-11(8)26(23,24)19-5-9(12(20)21)10(6-19)14(16,17)18/h2-4,9-10H,5-6H2,1H3,(H,20,21)/t9-,10-/m1/s1. The van der Waals surface area contributed by atoms with E-state index < -0.39 is 69.3 Å². The van der Waals surface area contributed by atoms with E-state index in [4.69, 9.17) is 5.11 Å². The van der Waals surface area contributed by atoms with E-state index in [1.165, 1.54) is 0 Å². The van der Waals surface area contributed by atoms with E-state index in [2.05, 4.69) is 4.74 Å². The summed E-state index contributed by atoms with van der Waals surface area (Å²) < 4.78 is 82.6. The number of aliphatic carboxylic acids is 1. The second-order valence-corrected chi connectivity index (χ2v) is 7.45. The van der Waals surface area contributed by atoms with Gasteiger partial charge >= 0.3 is 18.1 Å². The van der Waals surface area contributed by atoms with Crippen LogP contribution in [0.4, 0.5) is 17.6 Å². The molecule has 26 heavy (non-hydrogen) atoms. The summed E-state index contributed by atoms with van der Waals surface area (Å²) in [7, 11) is -3.83. The first kappa shape index (κ1) is 20.1. The number of methoxy groups -OCH3 is 1. The zero-order valence-corrected chi connectivity index (χ0v) is 14.0. The number of sulfonamides is 1. The van der Waals surface area contributed by atoms with Crippen LogP contribution in [0.1, 0.15) is 10.4 Å². The van der Waals surface area contributed by atoms with Crippen molar-refractivity contribution in [2.24, 2.45) is 11.8 Å². The average Bonchev–Trinajstić information content (AvgIpc) is 3.00. The fourth-order valence-corrected chi connectivity index (χ4v) is 4.36. The number of hydrogen-bond acceptors (Lipinski definition) is 5. The molecule has 0 unspecified atom stereocenters. The van der Waals surface area contributed by atoms with Gasteiger partial charge in [0.15, 0.2) is 0 Å². The Labute approximate surface area is 145 Å². The zero-order chi connectivity index (χ0) is 19.9. The number of benzene rings is 1. The first-order chi connectivity index (χ1) is 11.9. The van der Waals surface area contributed by atoms with Gasteiger partial charge in [0.2, 0.25) is 10.0 Å². The van der Waals surface area contributed by atoms with Crippen molar-refractivity contribution in [3.63, 3.8) is 0 Å². The van der Waals surface area contributed by atoms with Crippen LogP contribution in [0, 0.1) is 17.7 Å². The van der Waals surface area contributed by atoms with Crippen molar-refractivity contribution >= 4 is 22.0 Å². The van der Waals surface area contributed by atoms with Crippen LogP contribution < -0.4 is 0 Å². The Bertz CT molecular complexity index is 838. The lowest BCUT2D eigenvalue weighted by molar-refractivity contribution is -0.187. The summed E-state index contributed by atoms with van der Waals surface area (Å²) in [4.78, 5) is 21.9. The van der Waals surface area contributed by atoms with Crippen molar-refractivity contribution in [1.29, 1.82) is 0 Å². The Hall–Kier alpha value is -2.21. The van der Waals surface area contributed by atoms with Crippen molar-refractivity contribution in [2.75, 3.05) is 20.2 Å². The van der Waals surface area contributed by atoms with E-state index >= 15 is 0 Å². The zero-order valence-electron chi connectivity index (χ0n) is 13.2. The number of carboxylic acid groups (broad SMARTS) is 1. The quantitative estimate of drug-likeness (QED) is 0.608. The highest BCUT2D eigenvalue weighted by Crippen LogP contribution is 2.40. The highest BCUT2D eigenvalue weighted by atomic mass is 32.2. The van der Waals surface area contributed by atoms with Gasteiger partial charge in [0.1, 0.15) is 5.82 Å². The summed E-state index contributed by atoms with van der Waals surface area (Å²) in [6.07, 6.45) is -4.94. The fraction of sp³-hybridized carbons (Fsp3) is 0.429. The second kappa shape index (κ2) is 6.83. The van der Waals surface area contributed by atoms with E-state index in [1.54, 1.807) is 0 Å². The molecule has 0 amide bonds. The fourth-order valence-electron chi connectivity index (χ4n) is 2.67. The molecule has 0 radical (unpaired) electrons. The van der Waals surface area contributed by atoms with Crippen molar-refractivity contribution in [3.05, 3.63) is 29.6 Å². The number of ether oxygens (including phenoxy) is 1. The van der Waals surface area contributed by atoms with Gasteiger partial charge in [-0.25, -0.2) is 17.6 Å². The predicted molar refractivity (Wildman–Crippen MR) is 77.2 cm³/mol. The van der Waals surface area contributed by atoms with Crippen LogP contribution >= 0.6 is 0 Å². The molecule has 1 aliphatic heterocycles. The molecule has 0 bridgehead atoms. The van der Waals surface area contributed by atoms with E-state index in [1.807, 2.05) is 0 Å². The molecule has 0 aromatic heterocycles. The van der Waals surface area contributed by atoms with E-state index in [0.29, 0.717) is 6.07 Å². The maximum absolute atomic E-state index is 13.5. The van der Waals surface area contributed by atoms with Crippen LogP contribution in [-0.4, -0.2) is 56.1 Å². The number of rotatable bonds is 4. The lowest BCUT2D eigenvalue weighted by atomic mass is 9.96. The van der Waals surface area contributed by atoms with Crippen LogP contribution in [0.15, 0.2) is 23.1 Å². The molecular formula is C14H13F4NO6S. The third-order valence-electron chi connectivity index (χ3n) is 3.99. The Morgan fingerprint density at radius 3 is 2.35 bits per heavy atom. The van der Waals surface area contributed by atoms with Crippen LogP contribution in [0.2, 0.25) is 0 Å². The minimum Gasteiger partial charge on any atom is -0.481 e. The van der Waals surface area contributed by atoms with Crippen LogP contribution in [0.5, 0.6) is 0 Å². The minimum atomic E-state index is -4.94. The molecule has 12 heteroatoms. The maximum atomic E-state index is 13.5. The molecule has 2 rings (SSSR count). The van der Waals surface area contributed by atoms with E-state index in [0.717, 1.165) is 19.2 Å². The van der Waals surface area contributed by atoms with Crippen LogP contribution in [0.25, 0.3) is 0 Å². The van der Waals surface area contributed by atoms with Crippen molar-refractivity contribution in [3.8, 4) is 0 Å². The molecule has 7 nitrogen and oxygen atoms in total. The summed E-state index contributed by atoms with van der Waals surface area (Å²) >= 11 is 0. The van der Waals surface area contributed by atoms with Crippen molar-refractivity contribution < 1.29 is 45.4 Å². The number of alkyl halides is 3. The van der Waals surface area contributed by atoms with Gasteiger partial charge in [-0.3, -0.25) is 4.79 Å². The average molecular weight is 399 g/mol. The number of carbonyl (C=O) groups is 2.